The number of non-ortho nitro benzene ring substituents is 1. The summed E-state index contributed by atoms with van der Waals surface area (Å²) in [6.07, 6.45) is 0. The molecule has 0 spiro atoms. The first-order valence-electron chi connectivity index (χ1n) is 7.49. The van der Waals surface area contributed by atoms with Gasteiger partial charge in [-0.1, -0.05) is 31.5 Å². The van der Waals surface area contributed by atoms with Gasteiger partial charge in [-0.05, 0) is 31.2 Å². The molecule has 3 rings (SSSR count). The highest BCUT2D eigenvalue weighted by molar-refractivity contribution is 5.38. The zero-order valence-electron chi connectivity index (χ0n) is 13.4. The Morgan fingerprint density at radius 3 is 2.13 bits per heavy atom. The molecule has 120 valence electrons. The van der Waals surface area contributed by atoms with Crippen LogP contribution in [0.5, 0.6) is 5.75 Å². The number of nitrogens with zero attached hydrogens (tertiary/aromatic N) is 1. The predicted octanol–water partition coefficient (Wildman–Crippen LogP) is 4.19. The molecule has 0 bridgehead atoms. The van der Waals surface area contributed by atoms with Gasteiger partial charge >= 0.3 is 0 Å². The van der Waals surface area contributed by atoms with Gasteiger partial charge in [-0.2, -0.15) is 0 Å². The lowest BCUT2D eigenvalue weighted by Crippen LogP contribution is -2.61. The van der Waals surface area contributed by atoms with Crippen molar-refractivity contribution >= 4 is 5.69 Å². The summed E-state index contributed by atoms with van der Waals surface area (Å²) >= 11 is 0. The second-order valence-corrected chi connectivity index (χ2v) is 6.51. The van der Waals surface area contributed by atoms with Crippen LogP contribution in [0.25, 0.3) is 0 Å². The van der Waals surface area contributed by atoms with Crippen molar-refractivity contribution < 1.29 is 14.4 Å². The molecule has 5 nitrogen and oxygen atoms in total. The summed E-state index contributed by atoms with van der Waals surface area (Å²) in [5.41, 5.74) is 1.74. The standard InChI is InChI=1S/C18H19NO4/c1-13-4-10-16(11-5-13)23-18(17(2,3)12-22-18)14-6-8-15(9-7-14)19(20)21/h4-11H,12H2,1-3H3. The average molecular weight is 313 g/mol. The van der Waals surface area contributed by atoms with Crippen LogP contribution in [0.15, 0.2) is 48.5 Å². The molecule has 2 aromatic carbocycles. The van der Waals surface area contributed by atoms with Gasteiger partial charge < -0.3 is 9.47 Å². The van der Waals surface area contributed by atoms with Crippen molar-refractivity contribution in [3.63, 3.8) is 0 Å². The number of benzene rings is 2. The number of nitro benzene ring substituents is 1. The van der Waals surface area contributed by atoms with Gasteiger partial charge in [0.25, 0.3) is 5.69 Å². The van der Waals surface area contributed by atoms with Crippen LogP contribution >= 0.6 is 0 Å². The molecule has 0 amide bonds. The van der Waals surface area contributed by atoms with Crippen LogP contribution in [0.3, 0.4) is 0 Å². The zero-order chi connectivity index (χ0) is 16.7. The maximum Gasteiger partial charge on any atom is 0.269 e. The van der Waals surface area contributed by atoms with Crippen LogP contribution in [0.1, 0.15) is 25.0 Å². The lowest BCUT2D eigenvalue weighted by Gasteiger charge is -2.54. The van der Waals surface area contributed by atoms with E-state index >= 15 is 0 Å². The minimum Gasteiger partial charge on any atom is -0.457 e. The molecule has 2 aromatic rings. The Labute approximate surface area is 135 Å². The number of hydrogen-bond donors (Lipinski definition) is 0. The third-order valence-corrected chi connectivity index (χ3v) is 4.27. The fraction of sp³-hybridized carbons (Fsp3) is 0.333. The fourth-order valence-corrected chi connectivity index (χ4v) is 2.77. The average Bonchev–Trinajstić information content (AvgIpc) is 2.53. The molecular formula is C18H19NO4. The molecule has 1 aliphatic rings. The Morgan fingerprint density at radius 2 is 1.70 bits per heavy atom. The van der Waals surface area contributed by atoms with Gasteiger partial charge in [0.05, 0.1) is 16.9 Å². The van der Waals surface area contributed by atoms with E-state index in [4.69, 9.17) is 9.47 Å². The van der Waals surface area contributed by atoms with Gasteiger partial charge in [0.2, 0.25) is 5.79 Å². The molecule has 0 saturated carbocycles. The van der Waals surface area contributed by atoms with E-state index in [-0.39, 0.29) is 11.1 Å². The second kappa shape index (κ2) is 5.35. The van der Waals surface area contributed by atoms with Gasteiger partial charge in [-0.3, -0.25) is 10.1 Å². The minimum atomic E-state index is -0.933. The van der Waals surface area contributed by atoms with E-state index < -0.39 is 10.7 Å². The highest BCUT2D eigenvalue weighted by atomic mass is 16.7. The van der Waals surface area contributed by atoms with E-state index in [0.29, 0.717) is 12.4 Å². The van der Waals surface area contributed by atoms with Crippen molar-refractivity contribution in [2.45, 2.75) is 26.6 Å². The first-order valence-corrected chi connectivity index (χ1v) is 7.49. The molecule has 1 atom stereocenters. The maximum atomic E-state index is 10.8. The molecule has 0 radical (unpaired) electrons. The van der Waals surface area contributed by atoms with Crippen molar-refractivity contribution in [1.82, 2.24) is 0 Å². The summed E-state index contributed by atoms with van der Waals surface area (Å²) in [5.74, 6) is -0.223. The highest BCUT2D eigenvalue weighted by Crippen LogP contribution is 2.52. The van der Waals surface area contributed by atoms with Crippen molar-refractivity contribution in [1.29, 1.82) is 0 Å². The smallest absolute Gasteiger partial charge is 0.269 e. The van der Waals surface area contributed by atoms with Gasteiger partial charge in [0, 0.05) is 17.7 Å². The number of rotatable bonds is 4. The molecule has 23 heavy (non-hydrogen) atoms. The third-order valence-electron chi connectivity index (χ3n) is 4.27. The van der Waals surface area contributed by atoms with Crippen molar-refractivity contribution in [3.8, 4) is 5.75 Å². The molecule has 0 aliphatic carbocycles. The summed E-state index contributed by atoms with van der Waals surface area (Å²) in [5, 5.41) is 10.8. The molecule has 1 heterocycles. The Balaban J connectivity index is 1.97. The van der Waals surface area contributed by atoms with Crippen LogP contribution in [-0.4, -0.2) is 11.5 Å². The second-order valence-electron chi connectivity index (χ2n) is 6.51. The Kier molecular flexibility index (Phi) is 3.60. The molecule has 1 aliphatic heterocycles. The van der Waals surface area contributed by atoms with E-state index in [0.717, 1.165) is 11.1 Å². The summed E-state index contributed by atoms with van der Waals surface area (Å²) in [6.45, 7) is 6.70. The molecule has 1 fully saturated rings. The number of ether oxygens (including phenoxy) is 2. The molecule has 1 saturated heterocycles. The van der Waals surface area contributed by atoms with Crippen molar-refractivity contribution in [2.24, 2.45) is 5.41 Å². The first-order chi connectivity index (χ1) is 10.8. The van der Waals surface area contributed by atoms with Crippen LogP contribution in [0.4, 0.5) is 5.69 Å². The molecular weight excluding hydrogens is 294 g/mol. The third kappa shape index (κ3) is 2.57. The van der Waals surface area contributed by atoms with E-state index in [1.807, 2.05) is 31.2 Å². The van der Waals surface area contributed by atoms with Crippen LogP contribution in [0, 0.1) is 22.5 Å². The zero-order valence-corrected chi connectivity index (χ0v) is 13.4. The van der Waals surface area contributed by atoms with Crippen molar-refractivity contribution in [3.05, 3.63) is 69.8 Å². The molecule has 0 aromatic heterocycles. The summed E-state index contributed by atoms with van der Waals surface area (Å²) in [6, 6.07) is 14.1. The Bertz CT molecular complexity index is 722. The van der Waals surface area contributed by atoms with Crippen LogP contribution < -0.4 is 4.74 Å². The van der Waals surface area contributed by atoms with Gasteiger partial charge in [0.1, 0.15) is 5.75 Å². The lowest BCUT2D eigenvalue weighted by atomic mass is 9.75. The van der Waals surface area contributed by atoms with Crippen LogP contribution in [0.2, 0.25) is 0 Å². The molecule has 1 unspecified atom stereocenters. The molecule has 0 N–H and O–H groups in total. The maximum absolute atomic E-state index is 10.8. The quantitative estimate of drug-likeness (QED) is 0.627. The monoisotopic (exact) mass is 313 g/mol. The minimum absolute atomic E-state index is 0.0522. The van der Waals surface area contributed by atoms with Gasteiger partial charge in [0.15, 0.2) is 0 Å². The fourth-order valence-electron chi connectivity index (χ4n) is 2.77. The van der Waals surface area contributed by atoms with E-state index in [2.05, 4.69) is 13.8 Å². The normalized spacial score (nSPS) is 22.2. The molecule has 5 heteroatoms. The van der Waals surface area contributed by atoms with Gasteiger partial charge in [-0.15, -0.1) is 0 Å². The van der Waals surface area contributed by atoms with E-state index in [9.17, 15) is 10.1 Å². The van der Waals surface area contributed by atoms with Crippen molar-refractivity contribution in [2.75, 3.05) is 6.61 Å². The largest absolute Gasteiger partial charge is 0.457 e. The number of nitro groups is 1. The van der Waals surface area contributed by atoms with E-state index in [1.54, 1.807) is 12.1 Å². The predicted molar refractivity (Wildman–Crippen MR) is 86.3 cm³/mol. The SMILES string of the molecule is Cc1ccc(OC2(c3ccc([N+](=O)[O-])cc3)OCC2(C)C)cc1. The number of hydrogen-bond acceptors (Lipinski definition) is 4. The first kappa shape index (κ1) is 15.5. The highest BCUT2D eigenvalue weighted by Gasteiger charge is 2.59. The summed E-state index contributed by atoms with van der Waals surface area (Å²) < 4.78 is 12.1. The topological polar surface area (TPSA) is 61.6 Å². The summed E-state index contributed by atoms with van der Waals surface area (Å²) in [4.78, 5) is 10.4. The Hall–Kier alpha value is -2.40. The number of aryl methyl sites for hydroxylation is 1. The van der Waals surface area contributed by atoms with Crippen LogP contribution in [-0.2, 0) is 10.5 Å². The van der Waals surface area contributed by atoms with Gasteiger partial charge in [-0.25, -0.2) is 0 Å². The lowest BCUT2D eigenvalue weighted by molar-refractivity contribution is -0.385. The van der Waals surface area contributed by atoms with E-state index in [1.165, 1.54) is 12.1 Å². The summed E-state index contributed by atoms with van der Waals surface area (Å²) in [7, 11) is 0. The Morgan fingerprint density at radius 1 is 1.09 bits per heavy atom.